The standard InChI is InChI=1S/C14H10IN5OS/c15-9-3-1-8(2-4-9)10-7-22-14(19-10)20-13(21)11-12(16)18-6-5-17-11/h1-7H,(H2,16,18)(H,19,20,21). The number of hydrogen-bond acceptors (Lipinski definition) is 6. The third-order valence-electron chi connectivity index (χ3n) is 2.81. The van der Waals surface area contributed by atoms with Crippen LogP contribution in [0.25, 0.3) is 11.3 Å². The van der Waals surface area contributed by atoms with Gasteiger partial charge in [-0.2, -0.15) is 0 Å². The van der Waals surface area contributed by atoms with Crippen LogP contribution in [-0.4, -0.2) is 20.9 Å². The molecule has 6 nitrogen and oxygen atoms in total. The number of thiazole rings is 1. The second-order valence-corrected chi connectivity index (χ2v) is 6.39. The molecular weight excluding hydrogens is 413 g/mol. The summed E-state index contributed by atoms with van der Waals surface area (Å²) in [6.07, 6.45) is 2.86. The van der Waals surface area contributed by atoms with Gasteiger partial charge < -0.3 is 5.73 Å². The van der Waals surface area contributed by atoms with Gasteiger partial charge in [0.2, 0.25) is 0 Å². The summed E-state index contributed by atoms with van der Waals surface area (Å²) in [6.45, 7) is 0. The monoisotopic (exact) mass is 423 g/mol. The molecule has 0 radical (unpaired) electrons. The van der Waals surface area contributed by atoms with Gasteiger partial charge in [0.25, 0.3) is 5.91 Å². The Morgan fingerprint density at radius 3 is 2.64 bits per heavy atom. The SMILES string of the molecule is Nc1nccnc1C(=O)Nc1nc(-c2ccc(I)cc2)cs1. The van der Waals surface area contributed by atoms with Crippen molar-refractivity contribution in [3.63, 3.8) is 0 Å². The molecule has 110 valence electrons. The maximum Gasteiger partial charge on any atom is 0.279 e. The number of hydrogen-bond donors (Lipinski definition) is 2. The van der Waals surface area contributed by atoms with Gasteiger partial charge in [0.1, 0.15) is 0 Å². The largest absolute Gasteiger partial charge is 0.382 e. The third kappa shape index (κ3) is 3.22. The zero-order chi connectivity index (χ0) is 15.5. The lowest BCUT2D eigenvalue weighted by Gasteiger charge is -2.02. The van der Waals surface area contributed by atoms with Crippen molar-refractivity contribution in [2.75, 3.05) is 11.1 Å². The van der Waals surface area contributed by atoms with Gasteiger partial charge in [0.05, 0.1) is 5.69 Å². The van der Waals surface area contributed by atoms with Crippen molar-refractivity contribution in [1.29, 1.82) is 0 Å². The fraction of sp³-hybridized carbons (Fsp3) is 0. The molecule has 0 aliphatic carbocycles. The minimum Gasteiger partial charge on any atom is -0.382 e. The molecule has 2 heterocycles. The quantitative estimate of drug-likeness (QED) is 0.632. The van der Waals surface area contributed by atoms with E-state index in [9.17, 15) is 4.79 Å². The van der Waals surface area contributed by atoms with E-state index in [4.69, 9.17) is 5.73 Å². The van der Waals surface area contributed by atoms with E-state index in [0.717, 1.165) is 14.8 Å². The molecule has 22 heavy (non-hydrogen) atoms. The first-order valence-corrected chi connectivity index (χ1v) is 8.18. The average Bonchev–Trinajstić information content (AvgIpc) is 2.97. The predicted molar refractivity (Wildman–Crippen MR) is 94.7 cm³/mol. The van der Waals surface area contributed by atoms with Gasteiger partial charge in [-0.05, 0) is 34.7 Å². The smallest absolute Gasteiger partial charge is 0.279 e. The van der Waals surface area contributed by atoms with Gasteiger partial charge in [0.15, 0.2) is 16.6 Å². The fourth-order valence-corrected chi connectivity index (χ4v) is 2.84. The number of amides is 1. The fourth-order valence-electron chi connectivity index (χ4n) is 1.76. The van der Waals surface area contributed by atoms with Crippen LogP contribution in [0.3, 0.4) is 0 Å². The Hall–Kier alpha value is -2.07. The van der Waals surface area contributed by atoms with Crippen LogP contribution < -0.4 is 11.1 Å². The molecule has 1 aromatic carbocycles. The Morgan fingerprint density at radius 2 is 1.91 bits per heavy atom. The van der Waals surface area contributed by atoms with E-state index in [1.54, 1.807) is 0 Å². The van der Waals surface area contributed by atoms with Crippen molar-refractivity contribution in [2.45, 2.75) is 0 Å². The summed E-state index contributed by atoms with van der Waals surface area (Å²) in [7, 11) is 0. The van der Waals surface area contributed by atoms with Crippen LogP contribution in [0.15, 0.2) is 42.0 Å². The molecule has 0 fully saturated rings. The number of nitrogens with zero attached hydrogens (tertiary/aromatic N) is 3. The summed E-state index contributed by atoms with van der Waals surface area (Å²) in [5.74, 6) is -0.330. The molecule has 0 aliphatic rings. The van der Waals surface area contributed by atoms with E-state index in [-0.39, 0.29) is 11.5 Å². The third-order valence-corrected chi connectivity index (χ3v) is 4.28. The number of nitrogens with two attached hydrogens (primary N) is 1. The Kier molecular flexibility index (Phi) is 4.29. The van der Waals surface area contributed by atoms with Crippen LogP contribution in [0.2, 0.25) is 0 Å². The summed E-state index contributed by atoms with van der Waals surface area (Å²) in [5.41, 5.74) is 7.53. The summed E-state index contributed by atoms with van der Waals surface area (Å²) in [5, 5.41) is 5.06. The molecule has 8 heteroatoms. The molecule has 0 saturated heterocycles. The number of carbonyl (C=O) groups excluding carboxylic acids is 1. The van der Waals surface area contributed by atoms with Crippen LogP contribution in [0.1, 0.15) is 10.5 Å². The van der Waals surface area contributed by atoms with Crippen LogP contribution in [0, 0.1) is 3.57 Å². The molecular formula is C14H10IN5OS. The van der Waals surface area contributed by atoms with Crippen molar-refractivity contribution >= 4 is 50.8 Å². The van der Waals surface area contributed by atoms with E-state index in [1.807, 2.05) is 29.6 Å². The number of nitrogens with one attached hydrogen (secondary N) is 1. The topological polar surface area (TPSA) is 93.8 Å². The number of rotatable bonds is 3. The summed E-state index contributed by atoms with van der Waals surface area (Å²) in [6, 6.07) is 7.99. The van der Waals surface area contributed by atoms with Gasteiger partial charge in [-0.3, -0.25) is 10.1 Å². The molecule has 0 atom stereocenters. The van der Waals surface area contributed by atoms with Crippen molar-refractivity contribution in [3.05, 3.63) is 51.3 Å². The first-order chi connectivity index (χ1) is 10.6. The van der Waals surface area contributed by atoms with Gasteiger partial charge in [-0.1, -0.05) is 12.1 Å². The summed E-state index contributed by atoms with van der Waals surface area (Å²) < 4.78 is 1.16. The second-order valence-electron chi connectivity index (χ2n) is 4.29. The van der Waals surface area contributed by atoms with Gasteiger partial charge in [0, 0.05) is 26.9 Å². The maximum atomic E-state index is 12.1. The second kappa shape index (κ2) is 6.36. The predicted octanol–water partition coefficient (Wildman–Crippen LogP) is 3.04. The summed E-state index contributed by atoms with van der Waals surface area (Å²) in [4.78, 5) is 24.3. The molecule has 0 aliphatic heterocycles. The van der Waals surface area contributed by atoms with Crippen molar-refractivity contribution in [2.24, 2.45) is 0 Å². The van der Waals surface area contributed by atoms with E-state index in [0.29, 0.717) is 5.13 Å². The Balaban J connectivity index is 1.78. The lowest BCUT2D eigenvalue weighted by molar-refractivity contribution is 0.102. The number of aromatic nitrogens is 3. The van der Waals surface area contributed by atoms with Gasteiger partial charge in [-0.15, -0.1) is 11.3 Å². The Labute approximate surface area is 144 Å². The first-order valence-electron chi connectivity index (χ1n) is 6.23. The molecule has 0 spiro atoms. The number of carbonyl (C=O) groups is 1. The van der Waals surface area contributed by atoms with Crippen LogP contribution in [-0.2, 0) is 0 Å². The molecule has 0 saturated carbocycles. The molecule has 0 unspecified atom stereocenters. The number of anilines is 2. The molecule has 1 amide bonds. The number of halogens is 1. The van der Waals surface area contributed by atoms with Gasteiger partial charge >= 0.3 is 0 Å². The van der Waals surface area contributed by atoms with Crippen LogP contribution >= 0.6 is 33.9 Å². The zero-order valence-corrected chi connectivity index (χ0v) is 14.1. The lowest BCUT2D eigenvalue weighted by atomic mass is 10.2. The lowest BCUT2D eigenvalue weighted by Crippen LogP contribution is -2.16. The highest BCUT2D eigenvalue weighted by molar-refractivity contribution is 14.1. The zero-order valence-electron chi connectivity index (χ0n) is 11.2. The van der Waals surface area contributed by atoms with E-state index < -0.39 is 5.91 Å². The minimum atomic E-state index is -0.422. The maximum absolute atomic E-state index is 12.1. The highest BCUT2D eigenvalue weighted by Crippen LogP contribution is 2.25. The molecule has 2 aromatic heterocycles. The number of nitrogen functional groups attached to an aromatic ring is 1. The van der Waals surface area contributed by atoms with Crippen molar-refractivity contribution in [3.8, 4) is 11.3 Å². The molecule has 3 aromatic rings. The van der Waals surface area contributed by atoms with Crippen molar-refractivity contribution in [1.82, 2.24) is 15.0 Å². The normalized spacial score (nSPS) is 10.4. The first kappa shape index (κ1) is 14.9. The molecule has 3 N–H and O–H groups in total. The highest BCUT2D eigenvalue weighted by atomic mass is 127. The Morgan fingerprint density at radius 1 is 1.18 bits per heavy atom. The minimum absolute atomic E-state index is 0.0912. The Bertz CT molecular complexity index is 818. The van der Waals surface area contributed by atoms with Crippen molar-refractivity contribution < 1.29 is 4.79 Å². The van der Waals surface area contributed by atoms with Crippen LogP contribution in [0.5, 0.6) is 0 Å². The average molecular weight is 423 g/mol. The highest BCUT2D eigenvalue weighted by Gasteiger charge is 2.14. The van der Waals surface area contributed by atoms with E-state index >= 15 is 0 Å². The van der Waals surface area contributed by atoms with Gasteiger partial charge in [-0.25, -0.2) is 15.0 Å². The van der Waals surface area contributed by atoms with E-state index in [1.165, 1.54) is 23.7 Å². The van der Waals surface area contributed by atoms with Crippen LogP contribution in [0.4, 0.5) is 10.9 Å². The number of benzene rings is 1. The molecule has 0 bridgehead atoms. The van der Waals surface area contributed by atoms with E-state index in [2.05, 4.69) is 42.9 Å². The summed E-state index contributed by atoms with van der Waals surface area (Å²) >= 11 is 3.59. The molecule has 3 rings (SSSR count).